The van der Waals surface area contributed by atoms with Crippen LogP contribution in [-0.4, -0.2) is 46.8 Å². The van der Waals surface area contributed by atoms with E-state index < -0.39 is 4.92 Å². The number of hydrogen-bond acceptors (Lipinski definition) is 4. The summed E-state index contributed by atoms with van der Waals surface area (Å²) < 4.78 is 0. The van der Waals surface area contributed by atoms with Gasteiger partial charge >= 0.3 is 0 Å². The standard InChI is InChI=1S/C18H18ClN3O3/c19-16-7-3-1-5-14(16)13-20-9-11-21(12-10-20)18(23)15-6-2-4-8-17(15)22(24)25/h1-8H,9-13H2. The van der Waals surface area contributed by atoms with Gasteiger partial charge in [0.2, 0.25) is 0 Å². The van der Waals surface area contributed by atoms with Crippen molar-refractivity contribution >= 4 is 23.2 Å². The number of hydrogen-bond donors (Lipinski definition) is 0. The molecule has 2 aromatic rings. The quantitative estimate of drug-likeness (QED) is 0.621. The zero-order chi connectivity index (χ0) is 17.8. The topological polar surface area (TPSA) is 66.7 Å². The molecule has 0 saturated carbocycles. The number of nitro groups is 1. The predicted molar refractivity (Wildman–Crippen MR) is 95.7 cm³/mol. The van der Waals surface area contributed by atoms with Crippen LogP contribution < -0.4 is 0 Å². The van der Waals surface area contributed by atoms with Gasteiger partial charge < -0.3 is 4.90 Å². The minimum absolute atomic E-state index is 0.145. The lowest BCUT2D eigenvalue weighted by molar-refractivity contribution is -0.385. The third-order valence-corrected chi connectivity index (χ3v) is 4.71. The normalized spacial score (nSPS) is 15.2. The average molecular weight is 360 g/mol. The number of carbonyl (C=O) groups excluding carboxylic acids is 1. The van der Waals surface area contributed by atoms with E-state index in [0.717, 1.165) is 17.1 Å². The van der Waals surface area contributed by atoms with Crippen molar-refractivity contribution in [2.24, 2.45) is 0 Å². The maximum atomic E-state index is 12.6. The molecule has 1 amide bonds. The molecule has 7 heteroatoms. The summed E-state index contributed by atoms with van der Waals surface area (Å²) in [7, 11) is 0. The molecular weight excluding hydrogens is 342 g/mol. The number of nitro benzene ring substituents is 1. The molecule has 0 unspecified atom stereocenters. The van der Waals surface area contributed by atoms with Crippen molar-refractivity contribution in [3.63, 3.8) is 0 Å². The van der Waals surface area contributed by atoms with Crippen LogP contribution in [0, 0.1) is 10.1 Å². The van der Waals surface area contributed by atoms with Gasteiger partial charge in [-0.3, -0.25) is 19.8 Å². The molecule has 1 heterocycles. The minimum Gasteiger partial charge on any atom is -0.336 e. The van der Waals surface area contributed by atoms with Gasteiger partial charge in [-0.2, -0.15) is 0 Å². The number of benzene rings is 2. The van der Waals surface area contributed by atoms with E-state index in [0.29, 0.717) is 26.2 Å². The smallest absolute Gasteiger partial charge is 0.282 e. The number of amides is 1. The third kappa shape index (κ3) is 3.97. The van der Waals surface area contributed by atoms with Crippen LogP contribution >= 0.6 is 11.6 Å². The Morgan fingerprint density at radius 2 is 1.68 bits per heavy atom. The van der Waals surface area contributed by atoms with Crippen LogP contribution in [0.4, 0.5) is 5.69 Å². The summed E-state index contributed by atoms with van der Waals surface area (Å²) in [6.07, 6.45) is 0. The van der Waals surface area contributed by atoms with E-state index in [-0.39, 0.29) is 17.2 Å². The second kappa shape index (κ2) is 7.63. The van der Waals surface area contributed by atoms with E-state index in [2.05, 4.69) is 4.90 Å². The van der Waals surface area contributed by atoms with Crippen molar-refractivity contribution in [2.45, 2.75) is 6.54 Å². The SMILES string of the molecule is O=C(c1ccccc1[N+](=O)[O-])N1CCN(Cc2ccccc2Cl)CC1. The summed E-state index contributed by atoms with van der Waals surface area (Å²) in [6, 6.07) is 13.8. The van der Waals surface area contributed by atoms with Crippen LogP contribution in [-0.2, 0) is 6.54 Å². The minimum atomic E-state index is -0.513. The molecule has 1 aliphatic rings. The maximum Gasteiger partial charge on any atom is 0.282 e. The summed E-state index contributed by atoms with van der Waals surface area (Å²) in [5.41, 5.74) is 1.06. The van der Waals surface area contributed by atoms with E-state index in [1.54, 1.807) is 17.0 Å². The van der Waals surface area contributed by atoms with E-state index >= 15 is 0 Å². The van der Waals surface area contributed by atoms with Gasteiger partial charge in [-0.15, -0.1) is 0 Å². The number of para-hydroxylation sites is 1. The molecule has 0 spiro atoms. The Kier molecular flexibility index (Phi) is 5.31. The average Bonchev–Trinajstić information content (AvgIpc) is 2.63. The Morgan fingerprint density at radius 1 is 1.04 bits per heavy atom. The monoisotopic (exact) mass is 359 g/mol. The molecule has 0 radical (unpaired) electrons. The highest BCUT2D eigenvalue weighted by Gasteiger charge is 2.27. The molecule has 0 bridgehead atoms. The first kappa shape index (κ1) is 17.4. The van der Waals surface area contributed by atoms with Crippen LogP contribution in [0.25, 0.3) is 0 Å². The fourth-order valence-electron chi connectivity index (χ4n) is 2.96. The number of nitrogens with zero attached hydrogens (tertiary/aromatic N) is 3. The van der Waals surface area contributed by atoms with Gasteiger partial charge in [0, 0.05) is 43.8 Å². The van der Waals surface area contributed by atoms with Crippen molar-refractivity contribution < 1.29 is 9.72 Å². The highest BCUT2D eigenvalue weighted by Crippen LogP contribution is 2.21. The van der Waals surface area contributed by atoms with E-state index in [4.69, 9.17) is 11.6 Å². The molecule has 0 N–H and O–H groups in total. The van der Waals surface area contributed by atoms with E-state index in [1.165, 1.54) is 12.1 Å². The lowest BCUT2D eigenvalue weighted by Gasteiger charge is -2.34. The maximum absolute atomic E-state index is 12.6. The molecule has 1 aliphatic heterocycles. The van der Waals surface area contributed by atoms with Crippen LogP contribution in [0.2, 0.25) is 5.02 Å². The highest BCUT2D eigenvalue weighted by molar-refractivity contribution is 6.31. The summed E-state index contributed by atoms with van der Waals surface area (Å²) in [5.74, 6) is -0.287. The molecule has 1 fully saturated rings. The van der Waals surface area contributed by atoms with Crippen LogP contribution in [0.3, 0.4) is 0 Å². The van der Waals surface area contributed by atoms with Crippen LogP contribution in [0.5, 0.6) is 0 Å². The second-order valence-corrected chi connectivity index (χ2v) is 6.34. The summed E-state index contributed by atoms with van der Waals surface area (Å²) >= 11 is 6.19. The Labute approximate surface area is 150 Å². The fourth-order valence-corrected chi connectivity index (χ4v) is 3.16. The first-order valence-corrected chi connectivity index (χ1v) is 8.42. The first-order chi connectivity index (χ1) is 12.1. The third-order valence-electron chi connectivity index (χ3n) is 4.34. The molecule has 130 valence electrons. The van der Waals surface area contributed by atoms with Crippen molar-refractivity contribution in [3.05, 3.63) is 74.8 Å². The Balaban J connectivity index is 1.64. The molecule has 0 atom stereocenters. The second-order valence-electron chi connectivity index (χ2n) is 5.93. The zero-order valence-corrected chi connectivity index (χ0v) is 14.4. The van der Waals surface area contributed by atoms with Gasteiger partial charge in [0.05, 0.1) is 4.92 Å². The lowest BCUT2D eigenvalue weighted by atomic mass is 10.1. The van der Waals surface area contributed by atoms with Crippen molar-refractivity contribution in [1.29, 1.82) is 0 Å². The molecular formula is C18H18ClN3O3. The number of piperazine rings is 1. The number of rotatable bonds is 4. The molecule has 25 heavy (non-hydrogen) atoms. The van der Waals surface area contributed by atoms with Crippen LogP contribution in [0.15, 0.2) is 48.5 Å². The largest absolute Gasteiger partial charge is 0.336 e. The highest BCUT2D eigenvalue weighted by atomic mass is 35.5. The van der Waals surface area contributed by atoms with Crippen molar-refractivity contribution in [1.82, 2.24) is 9.80 Å². The van der Waals surface area contributed by atoms with Gasteiger partial charge in [-0.1, -0.05) is 41.9 Å². The summed E-state index contributed by atoms with van der Waals surface area (Å²) in [4.78, 5) is 27.1. The van der Waals surface area contributed by atoms with E-state index in [1.807, 2.05) is 24.3 Å². The van der Waals surface area contributed by atoms with E-state index in [9.17, 15) is 14.9 Å². The van der Waals surface area contributed by atoms with Gasteiger partial charge in [0.25, 0.3) is 11.6 Å². The Morgan fingerprint density at radius 3 is 2.36 bits per heavy atom. The molecule has 2 aromatic carbocycles. The Bertz CT molecular complexity index is 789. The lowest BCUT2D eigenvalue weighted by Crippen LogP contribution is -2.48. The Hall–Kier alpha value is -2.44. The molecule has 0 aliphatic carbocycles. The van der Waals surface area contributed by atoms with Crippen molar-refractivity contribution in [3.8, 4) is 0 Å². The fraction of sp³-hybridized carbons (Fsp3) is 0.278. The molecule has 0 aromatic heterocycles. The summed E-state index contributed by atoms with van der Waals surface area (Å²) in [5, 5.41) is 11.8. The molecule has 3 rings (SSSR count). The molecule has 6 nitrogen and oxygen atoms in total. The first-order valence-electron chi connectivity index (χ1n) is 8.04. The van der Waals surface area contributed by atoms with Gasteiger partial charge in [-0.25, -0.2) is 0 Å². The van der Waals surface area contributed by atoms with Gasteiger partial charge in [-0.05, 0) is 17.7 Å². The van der Waals surface area contributed by atoms with Crippen LogP contribution in [0.1, 0.15) is 15.9 Å². The predicted octanol–water partition coefficient (Wildman–Crippen LogP) is 3.21. The number of carbonyl (C=O) groups is 1. The molecule has 1 saturated heterocycles. The number of halogens is 1. The zero-order valence-electron chi connectivity index (χ0n) is 13.6. The summed E-state index contributed by atoms with van der Waals surface area (Å²) in [6.45, 7) is 3.22. The van der Waals surface area contributed by atoms with Gasteiger partial charge in [0.15, 0.2) is 0 Å². The van der Waals surface area contributed by atoms with Crippen molar-refractivity contribution in [2.75, 3.05) is 26.2 Å². The van der Waals surface area contributed by atoms with Gasteiger partial charge in [0.1, 0.15) is 5.56 Å².